The van der Waals surface area contributed by atoms with Gasteiger partial charge in [0, 0.05) is 40.4 Å². The summed E-state index contributed by atoms with van der Waals surface area (Å²) in [7, 11) is 3.60. The van der Waals surface area contributed by atoms with Gasteiger partial charge in [0.15, 0.2) is 0 Å². The molecule has 0 aromatic heterocycles. The molecular weight excluding hydrogens is 252 g/mol. The first-order valence-corrected chi connectivity index (χ1v) is 8.21. The molecule has 0 bridgehead atoms. The third-order valence-corrected chi connectivity index (χ3v) is 5.05. The van der Waals surface area contributed by atoms with Gasteiger partial charge in [-0.1, -0.05) is 19.8 Å². The van der Waals surface area contributed by atoms with Crippen molar-refractivity contribution >= 4 is 0 Å². The Morgan fingerprint density at radius 2 is 1.70 bits per heavy atom. The summed E-state index contributed by atoms with van der Waals surface area (Å²) in [6, 6.07) is 0. The average Bonchev–Trinajstić information content (AvgIpc) is 3.06. The van der Waals surface area contributed by atoms with Crippen LogP contribution in [0.1, 0.15) is 39.0 Å². The molecule has 2 rings (SSSR count). The summed E-state index contributed by atoms with van der Waals surface area (Å²) in [6.07, 6.45) is 7.22. The molecule has 1 saturated carbocycles. The first kappa shape index (κ1) is 16.2. The van der Waals surface area contributed by atoms with Crippen LogP contribution in [-0.2, 0) is 9.47 Å². The smallest absolute Gasteiger partial charge is 0.0971 e. The highest BCUT2D eigenvalue weighted by atomic mass is 16.5. The van der Waals surface area contributed by atoms with E-state index in [9.17, 15) is 0 Å². The van der Waals surface area contributed by atoms with Crippen molar-refractivity contribution in [2.75, 3.05) is 46.9 Å². The quantitative estimate of drug-likeness (QED) is 0.690. The molecule has 118 valence electrons. The summed E-state index contributed by atoms with van der Waals surface area (Å²) in [5.41, 5.74) is 0.482. The minimum atomic E-state index is 0.238. The molecule has 0 aromatic rings. The van der Waals surface area contributed by atoms with Crippen molar-refractivity contribution in [2.24, 2.45) is 5.41 Å². The Labute approximate surface area is 124 Å². The number of nitrogens with one attached hydrogen (secondary N) is 1. The standard InChI is InChI=1S/C16H32N2O2/c1-4-9-17-12-16(7-5-6-8-16)13-18-10-14(19-2)15(11-18)20-3/h14-15,17H,4-13H2,1-3H3. The molecule has 20 heavy (non-hydrogen) atoms. The summed E-state index contributed by atoms with van der Waals surface area (Å²) >= 11 is 0. The lowest BCUT2D eigenvalue weighted by molar-refractivity contribution is -0.00461. The SMILES string of the molecule is CCCNCC1(CN2CC(OC)C(OC)C2)CCCC1. The Bertz CT molecular complexity index is 268. The van der Waals surface area contributed by atoms with E-state index in [4.69, 9.17) is 9.47 Å². The van der Waals surface area contributed by atoms with E-state index in [0.717, 1.165) is 19.6 Å². The van der Waals surface area contributed by atoms with E-state index in [1.165, 1.54) is 45.2 Å². The zero-order valence-corrected chi connectivity index (χ0v) is 13.5. The van der Waals surface area contributed by atoms with Gasteiger partial charge in [-0.25, -0.2) is 0 Å². The van der Waals surface area contributed by atoms with Gasteiger partial charge in [0.25, 0.3) is 0 Å². The van der Waals surface area contributed by atoms with E-state index in [1.807, 2.05) is 0 Å². The fourth-order valence-corrected chi connectivity index (χ4v) is 3.92. The summed E-state index contributed by atoms with van der Waals surface area (Å²) < 4.78 is 11.1. The van der Waals surface area contributed by atoms with Gasteiger partial charge >= 0.3 is 0 Å². The fraction of sp³-hybridized carbons (Fsp3) is 1.00. The van der Waals surface area contributed by atoms with Crippen molar-refractivity contribution in [1.29, 1.82) is 0 Å². The molecule has 2 aliphatic rings. The van der Waals surface area contributed by atoms with Crippen molar-refractivity contribution in [1.82, 2.24) is 10.2 Å². The Balaban J connectivity index is 1.88. The maximum absolute atomic E-state index is 5.56. The molecule has 1 saturated heterocycles. The highest BCUT2D eigenvalue weighted by Crippen LogP contribution is 2.39. The Morgan fingerprint density at radius 1 is 1.10 bits per heavy atom. The van der Waals surface area contributed by atoms with Crippen LogP contribution in [0.25, 0.3) is 0 Å². The molecule has 2 atom stereocenters. The van der Waals surface area contributed by atoms with Crippen molar-refractivity contribution in [3.05, 3.63) is 0 Å². The molecule has 2 unspecified atom stereocenters. The topological polar surface area (TPSA) is 33.7 Å². The van der Waals surface area contributed by atoms with E-state index in [-0.39, 0.29) is 12.2 Å². The van der Waals surface area contributed by atoms with E-state index >= 15 is 0 Å². The van der Waals surface area contributed by atoms with Gasteiger partial charge in [-0.05, 0) is 31.2 Å². The third kappa shape index (κ3) is 3.94. The molecule has 1 aliphatic heterocycles. The van der Waals surface area contributed by atoms with Crippen LogP contribution in [0.5, 0.6) is 0 Å². The number of ether oxygens (including phenoxy) is 2. The lowest BCUT2D eigenvalue weighted by Gasteiger charge is -2.34. The lowest BCUT2D eigenvalue weighted by atomic mass is 9.85. The van der Waals surface area contributed by atoms with Crippen LogP contribution < -0.4 is 5.32 Å². The first-order valence-electron chi connectivity index (χ1n) is 8.21. The maximum atomic E-state index is 5.56. The summed E-state index contributed by atoms with van der Waals surface area (Å²) in [5.74, 6) is 0. The second-order valence-electron chi connectivity index (χ2n) is 6.63. The highest BCUT2D eigenvalue weighted by Gasteiger charge is 2.40. The van der Waals surface area contributed by atoms with Crippen molar-refractivity contribution in [2.45, 2.75) is 51.2 Å². The molecule has 0 aromatic carbocycles. The Kier molecular flexibility index (Phi) is 6.27. The van der Waals surface area contributed by atoms with Crippen molar-refractivity contribution < 1.29 is 9.47 Å². The van der Waals surface area contributed by atoms with Gasteiger partial charge in [0.2, 0.25) is 0 Å². The van der Waals surface area contributed by atoms with Crippen LogP contribution in [0.4, 0.5) is 0 Å². The second kappa shape index (κ2) is 7.74. The van der Waals surface area contributed by atoms with Crippen LogP contribution in [0.2, 0.25) is 0 Å². The van der Waals surface area contributed by atoms with E-state index < -0.39 is 0 Å². The van der Waals surface area contributed by atoms with Gasteiger partial charge in [-0.3, -0.25) is 4.90 Å². The van der Waals surface area contributed by atoms with Crippen LogP contribution in [0.3, 0.4) is 0 Å². The monoisotopic (exact) mass is 284 g/mol. The largest absolute Gasteiger partial charge is 0.377 e. The number of nitrogens with zero attached hydrogens (tertiary/aromatic N) is 1. The molecular formula is C16H32N2O2. The maximum Gasteiger partial charge on any atom is 0.0971 e. The zero-order valence-electron chi connectivity index (χ0n) is 13.5. The van der Waals surface area contributed by atoms with E-state index in [2.05, 4.69) is 17.1 Å². The predicted molar refractivity (Wildman–Crippen MR) is 82.1 cm³/mol. The number of hydrogen-bond acceptors (Lipinski definition) is 4. The number of hydrogen-bond donors (Lipinski definition) is 1. The number of methoxy groups -OCH3 is 2. The Morgan fingerprint density at radius 3 is 2.20 bits per heavy atom. The van der Waals surface area contributed by atoms with E-state index in [1.54, 1.807) is 14.2 Å². The number of rotatable bonds is 8. The molecule has 1 aliphatic carbocycles. The van der Waals surface area contributed by atoms with Crippen molar-refractivity contribution in [3.63, 3.8) is 0 Å². The second-order valence-corrected chi connectivity index (χ2v) is 6.63. The first-order chi connectivity index (χ1) is 9.73. The van der Waals surface area contributed by atoms with Crippen LogP contribution >= 0.6 is 0 Å². The molecule has 1 N–H and O–H groups in total. The minimum absolute atomic E-state index is 0.238. The third-order valence-electron chi connectivity index (χ3n) is 5.05. The molecule has 0 amide bonds. The lowest BCUT2D eigenvalue weighted by Crippen LogP contribution is -2.42. The van der Waals surface area contributed by atoms with Gasteiger partial charge in [0.1, 0.15) is 0 Å². The van der Waals surface area contributed by atoms with Gasteiger partial charge in [-0.2, -0.15) is 0 Å². The van der Waals surface area contributed by atoms with E-state index in [0.29, 0.717) is 5.41 Å². The summed E-state index contributed by atoms with van der Waals surface area (Å²) in [6.45, 7) is 7.79. The molecule has 4 nitrogen and oxygen atoms in total. The predicted octanol–water partition coefficient (Wildman–Crippen LogP) is 1.89. The molecule has 4 heteroatoms. The zero-order chi connectivity index (χ0) is 14.4. The fourth-order valence-electron chi connectivity index (χ4n) is 3.92. The summed E-state index contributed by atoms with van der Waals surface area (Å²) in [4.78, 5) is 2.56. The van der Waals surface area contributed by atoms with Gasteiger partial charge in [-0.15, -0.1) is 0 Å². The van der Waals surface area contributed by atoms with Crippen LogP contribution in [0, 0.1) is 5.41 Å². The molecule has 2 fully saturated rings. The number of likely N-dealkylation sites (tertiary alicyclic amines) is 1. The molecule has 1 heterocycles. The normalized spacial score (nSPS) is 30.1. The highest BCUT2D eigenvalue weighted by molar-refractivity contribution is 4.94. The van der Waals surface area contributed by atoms with Gasteiger partial charge in [0.05, 0.1) is 12.2 Å². The molecule has 0 spiro atoms. The Hall–Kier alpha value is -0.160. The summed E-state index contributed by atoms with van der Waals surface area (Å²) in [5, 5.41) is 3.65. The van der Waals surface area contributed by atoms with Gasteiger partial charge < -0.3 is 14.8 Å². The van der Waals surface area contributed by atoms with Crippen LogP contribution in [0.15, 0.2) is 0 Å². The molecule has 0 radical (unpaired) electrons. The van der Waals surface area contributed by atoms with Crippen LogP contribution in [-0.4, -0.2) is 64.1 Å². The minimum Gasteiger partial charge on any atom is -0.377 e. The van der Waals surface area contributed by atoms with Crippen molar-refractivity contribution in [3.8, 4) is 0 Å². The average molecular weight is 284 g/mol.